The first-order valence-electron chi connectivity index (χ1n) is 6.88. The van der Waals surface area contributed by atoms with Gasteiger partial charge in [-0.15, -0.1) is 0 Å². The van der Waals surface area contributed by atoms with E-state index < -0.39 is 16.0 Å². The van der Waals surface area contributed by atoms with Crippen LogP contribution >= 0.6 is 15.9 Å². The number of carbonyl (C=O) groups is 1. The smallest absolute Gasteiger partial charge is 0.343 e. The van der Waals surface area contributed by atoms with Crippen LogP contribution in [0.5, 0.6) is 5.75 Å². The molecule has 0 spiro atoms. The summed E-state index contributed by atoms with van der Waals surface area (Å²) in [6.45, 7) is 3.48. The van der Waals surface area contributed by atoms with Crippen molar-refractivity contribution in [3.63, 3.8) is 0 Å². The number of carbonyl (C=O) groups excluding carboxylic acids is 1. The Balaban J connectivity index is 2.13. The van der Waals surface area contributed by atoms with Gasteiger partial charge in [-0.25, -0.2) is 17.9 Å². The van der Waals surface area contributed by atoms with Gasteiger partial charge in [0.05, 0.1) is 10.5 Å². The molecule has 0 unspecified atom stereocenters. The van der Waals surface area contributed by atoms with E-state index >= 15 is 0 Å². The third kappa shape index (κ3) is 4.89. The molecule has 0 aliphatic heterocycles. The van der Waals surface area contributed by atoms with Crippen molar-refractivity contribution in [2.45, 2.75) is 24.8 Å². The van der Waals surface area contributed by atoms with Crippen molar-refractivity contribution in [1.82, 2.24) is 4.72 Å². The largest absolute Gasteiger partial charge is 0.423 e. The van der Waals surface area contributed by atoms with E-state index in [9.17, 15) is 13.2 Å². The van der Waals surface area contributed by atoms with Crippen molar-refractivity contribution >= 4 is 31.9 Å². The van der Waals surface area contributed by atoms with Gasteiger partial charge < -0.3 is 4.74 Å². The number of rotatable bonds is 5. The monoisotopic (exact) mass is 397 g/mol. The summed E-state index contributed by atoms with van der Waals surface area (Å²) in [4.78, 5) is 12.1. The van der Waals surface area contributed by atoms with Gasteiger partial charge >= 0.3 is 5.97 Å². The van der Waals surface area contributed by atoms with Crippen molar-refractivity contribution in [2.75, 3.05) is 0 Å². The predicted octanol–water partition coefficient (Wildman–Crippen LogP) is 3.36. The minimum Gasteiger partial charge on any atom is -0.423 e. The average Bonchev–Trinajstić information content (AvgIpc) is 2.48. The fraction of sp³-hybridized carbons (Fsp3) is 0.188. The molecular formula is C16H16BrNO4S. The van der Waals surface area contributed by atoms with Crippen molar-refractivity contribution in [2.24, 2.45) is 0 Å². The van der Waals surface area contributed by atoms with E-state index in [-0.39, 0.29) is 16.5 Å². The minimum atomic E-state index is -3.57. The van der Waals surface area contributed by atoms with Crippen LogP contribution in [0.25, 0.3) is 0 Å². The molecule has 0 aliphatic carbocycles. The van der Waals surface area contributed by atoms with E-state index in [0.717, 1.165) is 4.47 Å². The Bertz CT molecular complexity index is 784. The molecule has 0 saturated carbocycles. The molecule has 23 heavy (non-hydrogen) atoms. The molecule has 5 nitrogen and oxygen atoms in total. The average molecular weight is 398 g/mol. The van der Waals surface area contributed by atoms with Crippen LogP contribution in [0.2, 0.25) is 0 Å². The summed E-state index contributed by atoms with van der Waals surface area (Å²) in [5, 5.41) is 0. The second kappa shape index (κ2) is 7.25. The SMILES string of the molecule is CC(C)NS(=O)(=O)c1ccc(C(=O)Oc2ccc(Br)cc2)cc1. The molecule has 0 radical (unpaired) electrons. The molecule has 122 valence electrons. The second-order valence-electron chi connectivity index (χ2n) is 5.14. The Labute approximate surface area is 143 Å². The van der Waals surface area contributed by atoms with Crippen molar-refractivity contribution in [3.8, 4) is 5.75 Å². The predicted molar refractivity (Wildman–Crippen MR) is 91.0 cm³/mol. The van der Waals surface area contributed by atoms with Crippen LogP contribution in [-0.2, 0) is 10.0 Å². The van der Waals surface area contributed by atoms with E-state index in [1.54, 1.807) is 38.1 Å². The minimum absolute atomic E-state index is 0.103. The van der Waals surface area contributed by atoms with Gasteiger partial charge in [-0.2, -0.15) is 0 Å². The molecular weight excluding hydrogens is 382 g/mol. The highest BCUT2D eigenvalue weighted by atomic mass is 79.9. The molecule has 0 atom stereocenters. The Kier molecular flexibility index (Phi) is 5.56. The lowest BCUT2D eigenvalue weighted by molar-refractivity contribution is 0.0734. The summed E-state index contributed by atoms with van der Waals surface area (Å²) in [6, 6.07) is 12.2. The summed E-state index contributed by atoms with van der Waals surface area (Å²) in [5.74, 6) is -0.135. The number of nitrogens with one attached hydrogen (secondary N) is 1. The number of ether oxygens (including phenoxy) is 1. The molecule has 0 aliphatic rings. The zero-order chi connectivity index (χ0) is 17.0. The number of halogens is 1. The summed E-state index contributed by atoms with van der Waals surface area (Å²) in [5.41, 5.74) is 0.274. The molecule has 0 aromatic heterocycles. The van der Waals surface area contributed by atoms with Crippen LogP contribution in [0.4, 0.5) is 0 Å². The van der Waals surface area contributed by atoms with E-state index in [2.05, 4.69) is 20.7 Å². The number of hydrogen-bond acceptors (Lipinski definition) is 4. The summed E-state index contributed by atoms with van der Waals surface area (Å²) < 4.78 is 32.6. The maximum absolute atomic E-state index is 12.0. The Morgan fingerprint density at radius 1 is 1.04 bits per heavy atom. The standard InChI is InChI=1S/C16H16BrNO4S/c1-11(2)18-23(20,21)15-9-3-12(4-10-15)16(19)22-14-7-5-13(17)6-8-14/h3-11,18H,1-2H3. The van der Waals surface area contributed by atoms with Gasteiger partial charge in [0, 0.05) is 10.5 Å². The topological polar surface area (TPSA) is 72.5 Å². The number of hydrogen-bond donors (Lipinski definition) is 1. The highest BCUT2D eigenvalue weighted by Gasteiger charge is 2.16. The van der Waals surface area contributed by atoms with Crippen LogP contribution in [0.15, 0.2) is 57.9 Å². The fourth-order valence-electron chi connectivity index (χ4n) is 1.82. The highest BCUT2D eigenvalue weighted by Crippen LogP contribution is 2.18. The van der Waals surface area contributed by atoms with Gasteiger partial charge in [0.1, 0.15) is 5.75 Å². The quantitative estimate of drug-likeness (QED) is 0.619. The van der Waals surface area contributed by atoms with E-state index in [1.807, 2.05) is 0 Å². The van der Waals surface area contributed by atoms with Gasteiger partial charge in [-0.1, -0.05) is 15.9 Å². The van der Waals surface area contributed by atoms with Crippen LogP contribution in [-0.4, -0.2) is 20.4 Å². The van der Waals surface area contributed by atoms with Crippen LogP contribution in [0, 0.1) is 0 Å². The lowest BCUT2D eigenvalue weighted by Crippen LogP contribution is -2.30. The molecule has 2 rings (SSSR count). The Morgan fingerprint density at radius 3 is 2.13 bits per heavy atom. The molecule has 2 aromatic carbocycles. The van der Waals surface area contributed by atoms with E-state index in [4.69, 9.17) is 4.74 Å². The molecule has 1 N–H and O–H groups in total. The third-order valence-electron chi connectivity index (χ3n) is 2.82. The summed E-state index contributed by atoms with van der Waals surface area (Å²) >= 11 is 3.30. The summed E-state index contributed by atoms with van der Waals surface area (Å²) in [6.07, 6.45) is 0. The summed E-state index contributed by atoms with van der Waals surface area (Å²) in [7, 11) is -3.57. The van der Waals surface area contributed by atoms with Gasteiger partial charge in [-0.05, 0) is 62.4 Å². The second-order valence-corrected chi connectivity index (χ2v) is 7.77. The molecule has 0 amide bonds. The molecule has 2 aromatic rings. The maximum Gasteiger partial charge on any atom is 0.343 e. The molecule has 0 heterocycles. The lowest BCUT2D eigenvalue weighted by Gasteiger charge is -2.10. The first-order valence-corrected chi connectivity index (χ1v) is 9.16. The van der Waals surface area contributed by atoms with Gasteiger partial charge in [-0.3, -0.25) is 0 Å². The third-order valence-corrected chi connectivity index (χ3v) is 5.02. The molecule has 0 saturated heterocycles. The maximum atomic E-state index is 12.0. The van der Waals surface area contributed by atoms with Gasteiger partial charge in [0.15, 0.2) is 0 Å². The first-order chi connectivity index (χ1) is 10.8. The lowest BCUT2D eigenvalue weighted by atomic mass is 10.2. The van der Waals surface area contributed by atoms with Crippen molar-refractivity contribution < 1.29 is 17.9 Å². The van der Waals surface area contributed by atoms with Gasteiger partial charge in [0.2, 0.25) is 10.0 Å². The fourth-order valence-corrected chi connectivity index (χ4v) is 3.33. The Hall–Kier alpha value is -1.70. The number of benzene rings is 2. The number of esters is 1. The van der Waals surface area contributed by atoms with Crippen molar-refractivity contribution in [3.05, 3.63) is 58.6 Å². The van der Waals surface area contributed by atoms with E-state index in [0.29, 0.717) is 5.75 Å². The molecule has 0 bridgehead atoms. The normalized spacial score (nSPS) is 11.5. The molecule has 7 heteroatoms. The van der Waals surface area contributed by atoms with Gasteiger partial charge in [0.25, 0.3) is 0 Å². The molecule has 0 fully saturated rings. The van der Waals surface area contributed by atoms with Crippen LogP contribution < -0.4 is 9.46 Å². The first kappa shape index (κ1) is 17.7. The Morgan fingerprint density at radius 2 is 1.61 bits per heavy atom. The van der Waals surface area contributed by atoms with E-state index in [1.165, 1.54) is 24.3 Å². The van der Waals surface area contributed by atoms with Crippen molar-refractivity contribution in [1.29, 1.82) is 0 Å². The highest BCUT2D eigenvalue weighted by molar-refractivity contribution is 9.10. The number of sulfonamides is 1. The zero-order valence-electron chi connectivity index (χ0n) is 12.6. The van der Waals surface area contributed by atoms with Crippen LogP contribution in [0.1, 0.15) is 24.2 Å². The van der Waals surface area contributed by atoms with Crippen LogP contribution in [0.3, 0.4) is 0 Å². The zero-order valence-corrected chi connectivity index (χ0v) is 15.0.